The molecule has 27 heavy (non-hydrogen) atoms. The van der Waals surface area contributed by atoms with Gasteiger partial charge in [-0.1, -0.05) is 18.2 Å². The molecule has 1 saturated heterocycles. The maximum atomic E-state index is 12.7. The van der Waals surface area contributed by atoms with Crippen molar-refractivity contribution in [2.45, 2.75) is 18.8 Å². The van der Waals surface area contributed by atoms with Crippen molar-refractivity contribution in [2.75, 3.05) is 33.3 Å². The van der Waals surface area contributed by atoms with Crippen LogP contribution < -0.4 is 4.74 Å². The summed E-state index contributed by atoms with van der Waals surface area (Å²) in [6.07, 6.45) is 1.36. The van der Waals surface area contributed by atoms with Crippen LogP contribution in [0.1, 0.15) is 22.8 Å². The number of piperazine rings is 1. The summed E-state index contributed by atoms with van der Waals surface area (Å²) in [5.74, 6) is 1.72. The van der Waals surface area contributed by atoms with Crippen LogP contribution in [0.2, 0.25) is 0 Å². The molecule has 1 aliphatic carbocycles. The molecule has 6 heteroatoms. The highest BCUT2D eigenvalue weighted by Gasteiger charge is 2.46. The van der Waals surface area contributed by atoms with Gasteiger partial charge in [0.15, 0.2) is 0 Å². The summed E-state index contributed by atoms with van der Waals surface area (Å²) in [4.78, 5) is 30.4. The van der Waals surface area contributed by atoms with Crippen molar-refractivity contribution >= 4 is 23.2 Å². The highest BCUT2D eigenvalue weighted by Crippen LogP contribution is 2.50. The van der Waals surface area contributed by atoms with Crippen LogP contribution in [0.3, 0.4) is 0 Å². The monoisotopic (exact) mass is 384 g/mol. The first-order valence-corrected chi connectivity index (χ1v) is 10.3. The van der Waals surface area contributed by atoms with E-state index in [-0.39, 0.29) is 17.7 Å². The van der Waals surface area contributed by atoms with Crippen LogP contribution in [-0.2, 0) is 16.0 Å². The first-order valence-electron chi connectivity index (χ1n) is 9.38. The Labute approximate surface area is 163 Å². The molecule has 2 amide bonds. The number of ether oxygens (including phenoxy) is 1. The summed E-state index contributed by atoms with van der Waals surface area (Å²) < 4.78 is 5.15. The topological polar surface area (TPSA) is 49.9 Å². The minimum Gasteiger partial charge on any atom is -0.497 e. The number of benzene rings is 1. The fraction of sp³-hybridized carbons (Fsp3) is 0.429. The Kier molecular flexibility index (Phi) is 5.16. The molecule has 1 aliphatic heterocycles. The van der Waals surface area contributed by atoms with Crippen LogP contribution in [0.25, 0.3) is 0 Å². The maximum absolute atomic E-state index is 12.7. The summed E-state index contributed by atoms with van der Waals surface area (Å²) in [7, 11) is 1.63. The smallest absolute Gasteiger partial charge is 0.227 e. The number of rotatable bonds is 5. The van der Waals surface area contributed by atoms with Gasteiger partial charge in [0.05, 0.1) is 13.5 Å². The fourth-order valence-corrected chi connectivity index (χ4v) is 4.63. The molecular formula is C21H24N2O3S. The number of hydrogen-bond acceptors (Lipinski definition) is 4. The van der Waals surface area contributed by atoms with Crippen LogP contribution in [0.4, 0.5) is 0 Å². The molecule has 1 saturated carbocycles. The standard InChI is InChI=1S/C21H24N2O3S/c1-26-16-6-4-15(5-7-16)13-20(24)22-8-10-23(11-9-22)21(25)18-14-17(18)19-3-2-12-27-19/h2-7,12,17-18H,8-11,13-14H2,1H3/t17-,18+/m0/s1. The number of carbonyl (C=O) groups excluding carboxylic acids is 2. The average molecular weight is 385 g/mol. The molecular weight excluding hydrogens is 360 g/mol. The number of nitrogens with zero attached hydrogens (tertiary/aromatic N) is 2. The van der Waals surface area contributed by atoms with E-state index in [0.717, 1.165) is 17.7 Å². The third-order valence-electron chi connectivity index (χ3n) is 5.47. The number of amides is 2. The van der Waals surface area contributed by atoms with E-state index < -0.39 is 0 Å². The zero-order valence-corrected chi connectivity index (χ0v) is 16.3. The summed E-state index contributed by atoms with van der Waals surface area (Å²) in [6, 6.07) is 11.8. The zero-order chi connectivity index (χ0) is 18.8. The molecule has 1 aromatic carbocycles. The van der Waals surface area contributed by atoms with Crippen molar-refractivity contribution in [1.29, 1.82) is 0 Å². The highest BCUT2D eigenvalue weighted by atomic mass is 32.1. The van der Waals surface area contributed by atoms with Crippen LogP contribution in [0.5, 0.6) is 5.75 Å². The van der Waals surface area contributed by atoms with E-state index in [0.29, 0.717) is 38.5 Å². The van der Waals surface area contributed by atoms with E-state index in [2.05, 4.69) is 11.4 Å². The molecule has 0 spiro atoms. The summed E-state index contributed by atoms with van der Waals surface area (Å²) in [5, 5.41) is 2.07. The minimum atomic E-state index is 0.121. The lowest BCUT2D eigenvalue weighted by Crippen LogP contribution is -2.51. The maximum Gasteiger partial charge on any atom is 0.227 e. The Morgan fingerprint density at radius 3 is 2.41 bits per heavy atom. The van der Waals surface area contributed by atoms with Crippen molar-refractivity contribution < 1.29 is 14.3 Å². The van der Waals surface area contributed by atoms with E-state index >= 15 is 0 Å². The third kappa shape index (κ3) is 4.00. The Morgan fingerprint density at radius 2 is 1.78 bits per heavy atom. The SMILES string of the molecule is COc1ccc(CC(=O)N2CCN(C(=O)[C@@H]3C[C@@H]3c3cccs3)CC2)cc1. The van der Waals surface area contributed by atoms with Gasteiger partial charge >= 0.3 is 0 Å². The fourth-order valence-electron chi connectivity index (χ4n) is 3.73. The molecule has 2 fully saturated rings. The zero-order valence-electron chi connectivity index (χ0n) is 15.5. The van der Waals surface area contributed by atoms with Gasteiger partial charge in [-0.05, 0) is 35.6 Å². The minimum absolute atomic E-state index is 0.121. The highest BCUT2D eigenvalue weighted by molar-refractivity contribution is 7.10. The van der Waals surface area contributed by atoms with Gasteiger partial charge in [-0.3, -0.25) is 9.59 Å². The van der Waals surface area contributed by atoms with Gasteiger partial charge < -0.3 is 14.5 Å². The second kappa shape index (κ2) is 7.72. The van der Waals surface area contributed by atoms with Crippen molar-refractivity contribution in [3.8, 4) is 5.75 Å². The normalized spacial score (nSPS) is 21.8. The van der Waals surface area contributed by atoms with Crippen molar-refractivity contribution in [2.24, 2.45) is 5.92 Å². The van der Waals surface area contributed by atoms with Gasteiger partial charge in [-0.15, -0.1) is 11.3 Å². The molecule has 2 heterocycles. The lowest BCUT2D eigenvalue weighted by atomic mass is 10.1. The lowest BCUT2D eigenvalue weighted by molar-refractivity contribution is -0.140. The first-order chi connectivity index (χ1) is 13.2. The second-order valence-electron chi connectivity index (χ2n) is 7.20. The van der Waals surface area contributed by atoms with Crippen LogP contribution in [0.15, 0.2) is 41.8 Å². The van der Waals surface area contributed by atoms with Crippen LogP contribution >= 0.6 is 11.3 Å². The van der Waals surface area contributed by atoms with E-state index in [1.807, 2.05) is 40.1 Å². The van der Waals surface area contributed by atoms with E-state index in [9.17, 15) is 9.59 Å². The Bertz CT molecular complexity index is 795. The summed E-state index contributed by atoms with van der Waals surface area (Å²) >= 11 is 1.74. The van der Waals surface area contributed by atoms with Gasteiger partial charge in [0.2, 0.25) is 11.8 Å². The first kappa shape index (κ1) is 18.0. The second-order valence-corrected chi connectivity index (χ2v) is 8.17. The largest absolute Gasteiger partial charge is 0.497 e. The Balaban J connectivity index is 1.26. The van der Waals surface area contributed by atoms with Gasteiger partial charge in [-0.2, -0.15) is 0 Å². The van der Waals surface area contributed by atoms with E-state index in [1.54, 1.807) is 18.4 Å². The van der Waals surface area contributed by atoms with Gasteiger partial charge in [-0.25, -0.2) is 0 Å². The van der Waals surface area contributed by atoms with Crippen LogP contribution in [0, 0.1) is 5.92 Å². The van der Waals surface area contributed by atoms with Crippen molar-refractivity contribution in [3.05, 3.63) is 52.2 Å². The molecule has 0 bridgehead atoms. The molecule has 1 aromatic heterocycles. The number of thiophene rings is 1. The molecule has 142 valence electrons. The average Bonchev–Trinajstić information content (AvgIpc) is 3.32. The van der Waals surface area contributed by atoms with Crippen LogP contribution in [-0.4, -0.2) is 54.9 Å². The quantitative estimate of drug-likeness (QED) is 0.797. The van der Waals surface area contributed by atoms with Crippen molar-refractivity contribution in [3.63, 3.8) is 0 Å². The van der Waals surface area contributed by atoms with E-state index in [4.69, 9.17) is 4.74 Å². The molecule has 0 radical (unpaired) electrons. The molecule has 2 atom stereocenters. The molecule has 0 N–H and O–H groups in total. The molecule has 2 aliphatic rings. The van der Waals surface area contributed by atoms with Gasteiger partial charge in [0.1, 0.15) is 5.75 Å². The molecule has 0 unspecified atom stereocenters. The van der Waals surface area contributed by atoms with E-state index in [1.165, 1.54) is 4.88 Å². The summed E-state index contributed by atoms with van der Waals surface area (Å²) in [6.45, 7) is 2.52. The number of methoxy groups -OCH3 is 1. The third-order valence-corrected chi connectivity index (χ3v) is 6.48. The number of carbonyl (C=O) groups is 2. The van der Waals surface area contributed by atoms with Gasteiger partial charge in [0, 0.05) is 42.9 Å². The Morgan fingerprint density at radius 1 is 1.07 bits per heavy atom. The van der Waals surface area contributed by atoms with Gasteiger partial charge in [0.25, 0.3) is 0 Å². The lowest BCUT2D eigenvalue weighted by Gasteiger charge is -2.35. The molecule has 4 rings (SSSR count). The Hall–Kier alpha value is -2.34. The predicted molar refractivity (Wildman–Crippen MR) is 105 cm³/mol. The number of hydrogen-bond donors (Lipinski definition) is 0. The molecule has 5 nitrogen and oxygen atoms in total. The summed E-state index contributed by atoms with van der Waals surface area (Å²) in [5.41, 5.74) is 0.982. The molecule has 2 aromatic rings. The predicted octanol–water partition coefficient (Wildman–Crippen LogP) is 2.77. The van der Waals surface area contributed by atoms with Crippen molar-refractivity contribution in [1.82, 2.24) is 9.80 Å².